The molecule has 0 saturated heterocycles. The van der Waals surface area contributed by atoms with Gasteiger partial charge in [0.1, 0.15) is 0 Å². The molecule has 1 atom stereocenters. The van der Waals surface area contributed by atoms with Gasteiger partial charge < -0.3 is 5.11 Å². The highest BCUT2D eigenvalue weighted by molar-refractivity contribution is 7.17. The van der Waals surface area contributed by atoms with Crippen LogP contribution in [0.2, 0.25) is 0 Å². The highest BCUT2D eigenvalue weighted by atomic mass is 32.1. The smallest absolute Gasteiger partial charge is 0.0804 e. The van der Waals surface area contributed by atoms with Crippen molar-refractivity contribution >= 4 is 21.4 Å². The zero-order valence-electron chi connectivity index (χ0n) is 11.3. The summed E-state index contributed by atoms with van der Waals surface area (Å²) in [6, 6.07) is 8.42. The van der Waals surface area contributed by atoms with Crippen LogP contribution in [0.4, 0.5) is 0 Å². The van der Waals surface area contributed by atoms with Gasteiger partial charge in [0.25, 0.3) is 0 Å². The minimum Gasteiger partial charge on any atom is -0.388 e. The Morgan fingerprint density at radius 2 is 2.00 bits per heavy atom. The van der Waals surface area contributed by atoms with Crippen LogP contribution in [0.25, 0.3) is 10.1 Å². The maximum absolute atomic E-state index is 10.5. The molecule has 1 heterocycles. The van der Waals surface area contributed by atoms with Gasteiger partial charge in [-0.1, -0.05) is 50.3 Å². The van der Waals surface area contributed by atoms with Crippen LogP contribution in [-0.2, 0) is 0 Å². The number of aliphatic hydroxyl groups excluding tert-OH is 1. The molecule has 1 unspecified atom stereocenters. The summed E-state index contributed by atoms with van der Waals surface area (Å²) in [6.45, 7) is 0. The first-order chi connectivity index (χ1) is 9.34. The summed E-state index contributed by atoms with van der Waals surface area (Å²) in [4.78, 5) is 0. The number of rotatable bonds is 4. The van der Waals surface area contributed by atoms with Crippen LogP contribution in [0.3, 0.4) is 0 Å². The van der Waals surface area contributed by atoms with Crippen molar-refractivity contribution < 1.29 is 5.11 Å². The number of hydrogen-bond acceptors (Lipinski definition) is 2. The first kappa shape index (κ1) is 13.1. The molecule has 3 rings (SSSR count). The van der Waals surface area contributed by atoms with E-state index in [1.54, 1.807) is 11.3 Å². The van der Waals surface area contributed by atoms with Crippen LogP contribution in [0, 0.1) is 5.92 Å². The zero-order chi connectivity index (χ0) is 13.1. The number of fused-ring (bicyclic) bond motifs is 1. The van der Waals surface area contributed by atoms with Crippen molar-refractivity contribution in [1.29, 1.82) is 0 Å². The van der Waals surface area contributed by atoms with Crippen molar-refractivity contribution in [3.8, 4) is 0 Å². The van der Waals surface area contributed by atoms with Crippen molar-refractivity contribution in [3.63, 3.8) is 0 Å². The second-order valence-corrected chi connectivity index (χ2v) is 6.70. The first-order valence-electron chi connectivity index (χ1n) is 7.49. The van der Waals surface area contributed by atoms with Crippen molar-refractivity contribution in [2.75, 3.05) is 0 Å². The van der Waals surface area contributed by atoms with E-state index in [2.05, 4.69) is 29.6 Å². The molecule has 0 amide bonds. The molecule has 19 heavy (non-hydrogen) atoms. The second kappa shape index (κ2) is 6.06. The zero-order valence-corrected chi connectivity index (χ0v) is 12.2. The van der Waals surface area contributed by atoms with Gasteiger partial charge >= 0.3 is 0 Å². The van der Waals surface area contributed by atoms with E-state index < -0.39 is 0 Å². The van der Waals surface area contributed by atoms with Gasteiger partial charge in [0.15, 0.2) is 0 Å². The van der Waals surface area contributed by atoms with Crippen LogP contribution in [0.5, 0.6) is 0 Å². The Balaban J connectivity index is 1.66. The average molecular weight is 274 g/mol. The fourth-order valence-corrected chi connectivity index (χ4v) is 4.27. The maximum atomic E-state index is 10.5. The minimum atomic E-state index is -0.288. The van der Waals surface area contributed by atoms with Crippen molar-refractivity contribution in [2.45, 2.75) is 51.0 Å². The number of benzene rings is 1. The third-order valence-electron chi connectivity index (χ3n) is 4.44. The fourth-order valence-electron chi connectivity index (χ4n) is 3.30. The molecule has 2 aromatic rings. The van der Waals surface area contributed by atoms with E-state index in [4.69, 9.17) is 0 Å². The molecule has 1 nitrogen and oxygen atoms in total. The number of thiophene rings is 1. The molecule has 1 fully saturated rings. The molecule has 0 radical (unpaired) electrons. The monoisotopic (exact) mass is 274 g/mol. The van der Waals surface area contributed by atoms with E-state index in [1.165, 1.54) is 48.6 Å². The van der Waals surface area contributed by atoms with E-state index in [-0.39, 0.29) is 6.10 Å². The van der Waals surface area contributed by atoms with Gasteiger partial charge in [0.2, 0.25) is 0 Å². The van der Waals surface area contributed by atoms with Gasteiger partial charge in [-0.05, 0) is 41.2 Å². The van der Waals surface area contributed by atoms with Gasteiger partial charge in [0.05, 0.1) is 6.10 Å². The number of aliphatic hydroxyl groups is 1. The Bertz CT molecular complexity index is 525. The summed E-state index contributed by atoms with van der Waals surface area (Å²) in [7, 11) is 0. The van der Waals surface area contributed by atoms with E-state index >= 15 is 0 Å². The van der Waals surface area contributed by atoms with Crippen molar-refractivity contribution in [3.05, 3.63) is 35.2 Å². The summed E-state index contributed by atoms with van der Waals surface area (Å²) in [5.41, 5.74) is 1.13. The Morgan fingerprint density at radius 1 is 1.16 bits per heavy atom. The van der Waals surface area contributed by atoms with Gasteiger partial charge in [-0.3, -0.25) is 0 Å². The van der Waals surface area contributed by atoms with E-state index in [9.17, 15) is 5.11 Å². The van der Waals surface area contributed by atoms with Gasteiger partial charge in [0, 0.05) is 4.70 Å². The third-order valence-corrected chi connectivity index (χ3v) is 5.42. The normalized spacial score (nSPS) is 18.8. The fraction of sp³-hybridized carbons (Fsp3) is 0.529. The average Bonchev–Trinajstić information content (AvgIpc) is 2.94. The minimum absolute atomic E-state index is 0.288. The highest BCUT2D eigenvalue weighted by Gasteiger charge is 2.17. The SMILES string of the molecule is OC(CCC1CCCCC1)c1cccc2ccsc12. The van der Waals surface area contributed by atoms with Gasteiger partial charge in [-0.2, -0.15) is 0 Å². The lowest BCUT2D eigenvalue weighted by atomic mass is 9.85. The molecule has 2 heteroatoms. The molecule has 1 aliphatic carbocycles. The molecular formula is C17H22OS. The van der Waals surface area contributed by atoms with E-state index in [0.717, 1.165) is 17.9 Å². The largest absolute Gasteiger partial charge is 0.388 e. The first-order valence-corrected chi connectivity index (χ1v) is 8.37. The standard InChI is InChI=1S/C17H22OS/c18-16(10-9-13-5-2-1-3-6-13)15-8-4-7-14-11-12-19-17(14)15/h4,7-8,11-13,16,18H,1-3,5-6,9-10H2. The summed E-state index contributed by atoms with van der Waals surface area (Å²) in [5, 5.41) is 13.9. The molecule has 1 aliphatic rings. The highest BCUT2D eigenvalue weighted by Crippen LogP contribution is 2.34. The summed E-state index contributed by atoms with van der Waals surface area (Å²) in [6.07, 6.45) is 8.75. The predicted octanol–water partition coefficient (Wildman–Crippen LogP) is 5.30. The Kier molecular flexibility index (Phi) is 4.19. The van der Waals surface area contributed by atoms with Crippen molar-refractivity contribution in [2.24, 2.45) is 5.92 Å². The van der Waals surface area contributed by atoms with Crippen molar-refractivity contribution in [1.82, 2.24) is 0 Å². The second-order valence-electron chi connectivity index (χ2n) is 5.78. The molecule has 0 aliphatic heterocycles. The van der Waals surface area contributed by atoms with Gasteiger partial charge in [-0.15, -0.1) is 11.3 Å². The Morgan fingerprint density at radius 3 is 2.84 bits per heavy atom. The Labute approximate surface area is 119 Å². The molecule has 1 N–H and O–H groups in total. The lowest BCUT2D eigenvalue weighted by molar-refractivity contribution is 0.153. The molecule has 1 aromatic carbocycles. The molecular weight excluding hydrogens is 252 g/mol. The quantitative estimate of drug-likeness (QED) is 0.802. The summed E-state index contributed by atoms with van der Waals surface area (Å²) < 4.78 is 1.26. The topological polar surface area (TPSA) is 20.2 Å². The van der Waals surface area contributed by atoms with Crippen LogP contribution in [0.15, 0.2) is 29.6 Å². The summed E-state index contributed by atoms with van der Waals surface area (Å²) in [5.74, 6) is 0.853. The molecule has 1 saturated carbocycles. The van der Waals surface area contributed by atoms with Crippen LogP contribution in [0.1, 0.15) is 56.6 Å². The van der Waals surface area contributed by atoms with E-state index in [0.29, 0.717) is 0 Å². The van der Waals surface area contributed by atoms with Crippen LogP contribution < -0.4 is 0 Å². The lowest BCUT2D eigenvalue weighted by Crippen LogP contribution is -2.08. The molecule has 1 aromatic heterocycles. The summed E-state index contributed by atoms with van der Waals surface area (Å²) >= 11 is 1.74. The van der Waals surface area contributed by atoms with Crippen LogP contribution >= 0.6 is 11.3 Å². The van der Waals surface area contributed by atoms with Gasteiger partial charge in [-0.25, -0.2) is 0 Å². The molecule has 0 spiro atoms. The Hall–Kier alpha value is -0.860. The number of hydrogen-bond donors (Lipinski definition) is 1. The molecule has 102 valence electrons. The molecule has 0 bridgehead atoms. The third kappa shape index (κ3) is 3.01. The lowest BCUT2D eigenvalue weighted by Gasteiger charge is -2.22. The predicted molar refractivity (Wildman–Crippen MR) is 82.6 cm³/mol. The maximum Gasteiger partial charge on any atom is 0.0804 e. The van der Waals surface area contributed by atoms with E-state index in [1.807, 2.05) is 0 Å². The van der Waals surface area contributed by atoms with Crippen LogP contribution in [-0.4, -0.2) is 5.11 Å².